The van der Waals surface area contributed by atoms with E-state index >= 15 is 0 Å². The second kappa shape index (κ2) is 12.3. The van der Waals surface area contributed by atoms with Crippen LogP contribution in [0.15, 0.2) is 42.3 Å². The van der Waals surface area contributed by atoms with Crippen LogP contribution in [0.5, 0.6) is 0 Å². The van der Waals surface area contributed by atoms with E-state index in [1.54, 1.807) is 0 Å². The molecule has 2 rings (SSSR count). The van der Waals surface area contributed by atoms with Gasteiger partial charge in [-0.25, -0.2) is 0 Å². The first kappa shape index (κ1) is 34.3. The maximum Gasteiger partial charge on any atom is 2.00 e. The minimum Gasteiger partial charge on any atom is -1.00 e. The van der Waals surface area contributed by atoms with Gasteiger partial charge >= 0.3 is 48.9 Å². The summed E-state index contributed by atoms with van der Waals surface area (Å²) in [6, 6.07) is 0. The summed E-state index contributed by atoms with van der Waals surface area (Å²) in [6.45, 7) is 33.6. The van der Waals surface area contributed by atoms with Crippen LogP contribution in [0.3, 0.4) is 0 Å². The van der Waals surface area contributed by atoms with Gasteiger partial charge in [0, 0.05) is 0 Å². The Morgan fingerprint density at radius 3 is 0.657 bits per heavy atom. The molecule has 2 heterocycles. The maximum atomic E-state index is 4.69. The van der Waals surface area contributed by atoms with E-state index in [1.165, 1.54) is 22.3 Å². The van der Waals surface area contributed by atoms with Gasteiger partial charge in [-0.3, -0.25) is 20.0 Å². The van der Waals surface area contributed by atoms with Crippen molar-refractivity contribution in [1.29, 1.82) is 0 Å². The van der Waals surface area contributed by atoms with Crippen LogP contribution in [-0.4, -0.2) is 94.4 Å². The van der Waals surface area contributed by atoms with Gasteiger partial charge in [-0.1, -0.05) is 0 Å². The Morgan fingerprint density at radius 1 is 0.400 bits per heavy atom. The predicted molar refractivity (Wildman–Crippen MR) is 160 cm³/mol. The van der Waals surface area contributed by atoms with Crippen LogP contribution in [0, 0.1) is 0 Å². The number of amidine groups is 4. The largest absolute Gasteiger partial charge is 2.00 e. The number of hydrogen-bond donors (Lipinski definition) is 2. The van der Waals surface area contributed by atoms with E-state index in [9.17, 15) is 0 Å². The first-order valence-corrected chi connectivity index (χ1v) is 12.3. The third kappa shape index (κ3) is 12.4. The molecule has 0 spiro atoms. The summed E-state index contributed by atoms with van der Waals surface area (Å²) in [4.78, 5) is 18.7. The molecule has 35 heavy (non-hydrogen) atoms. The van der Waals surface area contributed by atoms with Gasteiger partial charge in [-0.05, 0) is 133 Å². The molecule has 7 heteroatoms. The normalized spacial score (nSPS) is 21.9. The quantitative estimate of drug-likeness (QED) is 0.308. The summed E-state index contributed by atoms with van der Waals surface area (Å²) in [6.07, 6.45) is 0. The van der Waals surface area contributed by atoms with E-state index in [1.807, 2.05) is 0 Å². The molecule has 0 atom stereocenters. The van der Waals surface area contributed by atoms with Gasteiger partial charge in [0.05, 0.1) is 22.2 Å². The van der Waals surface area contributed by atoms with Crippen molar-refractivity contribution in [2.75, 3.05) is 0 Å². The molecule has 0 radical (unpaired) electrons. The third-order valence-electron chi connectivity index (χ3n) is 4.81. The van der Waals surface area contributed by atoms with Crippen LogP contribution in [0.2, 0.25) is 0 Å². The van der Waals surface area contributed by atoms with E-state index in [0.717, 1.165) is 23.3 Å². The predicted octanol–water partition coefficient (Wildman–Crippen LogP) is 6.48. The summed E-state index contributed by atoms with van der Waals surface area (Å²) in [5.74, 6) is 3.83. The zero-order valence-electron chi connectivity index (χ0n) is 27.5. The summed E-state index contributed by atoms with van der Waals surface area (Å²) < 4.78 is 0. The summed E-state index contributed by atoms with van der Waals surface area (Å²) in [5.41, 5.74) is 4.52. The van der Waals surface area contributed by atoms with Crippen LogP contribution in [-0.2, 0) is 0 Å². The van der Waals surface area contributed by atoms with Crippen LogP contribution in [0.1, 0.15) is 114 Å². The Morgan fingerprint density at radius 2 is 0.543 bits per heavy atom. The zero-order valence-corrected chi connectivity index (χ0v) is 29.9. The van der Waals surface area contributed by atoms with Crippen molar-refractivity contribution in [2.24, 2.45) is 20.0 Å². The molecular weight excluding hydrogens is 558 g/mol. The Hall–Kier alpha value is -0.669. The SMILES string of the molecule is CC1=C(C)C(=NC(C)(C)C)NC1=NC(C)(C)C.CC1=C(C)C(=NC(C)(C)C)NC1=NC(C)(C)C.[Ba+2].[H-].[H-]. The maximum absolute atomic E-state index is 4.69. The van der Waals surface area contributed by atoms with E-state index in [4.69, 9.17) is 0 Å². The van der Waals surface area contributed by atoms with Crippen LogP contribution in [0.25, 0.3) is 0 Å². The van der Waals surface area contributed by atoms with Gasteiger partial charge in [0.2, 0.25) is 0 Å². The molecule has 0 unspecified atom stereocenters. The van der Waals surface area contributed by atoms with E-state index in [0.29, 0.717) is 0 Å². The molecule has 0 saturated heterocycles. The first-order chi connectivity index (χ1) is 15.0. The molecule has 0 aromatic rings. The number of rotatable bonds is 0. The van der Waals surface area contributed by atoms with E-state index in [2.05, 4.69) is 141 Å². The molecule has 0 bridgehead atoms. The summed E-state index contributed by atoms with van der Waals surface area (Å²) in [5, 5.41) is 6.66. The number of hydrogen-bond acceptors (Lipinski definition) is 4. The average molecular weight is 610 g/mol. The Bertz CT molecular complexity index is 818. The molecule has 196 valence electrons. The second-order valence-corrected chi connectivity index (χ2v) is 13.3. The molecule has 0 aromatic carbocycles. The van der Waals surface area contributed by atoms with Gasteiger partial charge in [0.1, 0.15) is 23.3 Å². The Labute approximate surface area is 258 Å². The Balaban J connectivity index is -0.000000578. The van der Waals surface area contributed by atoms with Crippen LogP contribution < -0.4 is 10.6 Å². The molecule has 2 aliphatic rings. The molecular formula is C28H52BaN6. The van der Waals surface area contributed by atoms with Crippen molar-refractivity contribution in [3.8, 4) is 0 Å². The average Bonchev–Trinajstić information content (AvgIpc) is 2.95. The molecule has 0 aromatic heterocycles. The fraction of sp³-hybridized carbons (Fsp3) is 0.714. The number of nitrogens with one attached hydrogen (secondary N) is 2. The monoisotopic (exact) mass is 610 g/mol. The van der Waals surface area contributed by atoms with Gasteiger partial charge in [0.15, 0.2) is 0 Å². The van der Waals surface area contributed by atoms with Crippen molar-refractivity contribution in [2.45, 2.75) is 133 Å². The van der Waals surface area contributed by atoms with Gasteiger partial charge in [-0.2, -0.15) is 0 Å². The second-order valence-electron chi connectivity index (χ2n) is 13.3. The van der Waals surface area contributed by atoms with Crippen molar-refractivity contribution >= 4 is 72.2 Å². The molecule has 2 N–H and O–H groups in total. The number of aliphatic imine (C=N–C) groups is 4. The molecule has 0 aliphatic carbocycles. The Kier molecular flexibility index (Phi) is 12.0. The van der Waals surface area contributed by atoms with Crippen molar-refractivity contribution in [3.05, 3.63) is 22.3 Å². The van der Waals surface area contributed by atoms with Gasteiger partial charge < -0.3 is 13.5 Å². The van der Waals surface area contributed by atoms with Gasteiger partial charge in [-0.15, -0.1) is 0 Å². The van der Waals surface area contributed by atoms with Crippen molar-refractivity contribution in [3.63, 3.8) is 0 Å². The fourth-order valence-corrected chi connectivity index (χ4v) is 3.10. The van der Waals surface area contributed by atoms with Crippen LogP contribution in [0.4, 0.5) is 0 Å². The molecule has 0 amide bonds. The fourth-order valence-electron chi connectivity index (χ4n) is 3.10. The van der Waals surface area contributed by atoms with Crippen LogP contribution >= 0.6 is 0 Å². The minimum absolute atomic E-state index is 0. The molecule has 2 aliphatic heterocycles. The number of nitrogens with zero attached hydrogens (tertiary/aromatic N) is 4. The zero-order chi connectivity index (χ0) is 26.9. The topological polar surface area (TPSA) is 73.5 Å². The molecule has 6 nitrogen and oxygen atoms in total. The van der Waals surface area contributed by atoms with Crippen molar-refractivity contribution < 1.29 is 2.85 Å². The minimum atomic E-state index is -0.0684. The van der Waals surface area contributed by atoms with E-state index < -0.39 is 0 Å². The summed E-state index contributed by atoms with van der Waals surface area (Å²) in [7, 11) is 0. The van der Waals surface area contributed by atoms with E-state index in [-0.39, 0.29) is 73.9 Å². The first-order valence-electron chi connectivity index (χ1n) is 12.3. The van der Waals surface area contributed by atoms with Crippen molar-refractivity contribution in [1.82, 2.24) is 10.6 Å². The van der Waals surface area contributed by atoms with Gasteiger partial charge in [0.25, 0.3) is 0 Å². The smallest absolute Gasteiger partial charge is 1.00 e. The standard InChI is InChI=1S/2C14H25N3.Ba.2H/c2*1-9-10(2)12(17-14(6,7)8)15-11(9)16-13(3,4)5;;;/h2*1-8H3,(H,15,16,17);;;/q;;+2;2*-1. The molecule has 0 fully saturated rings. The summed E-state index contributed by atoms with van der Waals surface area (Å²) >= 11 is 0. The molecule has 0 saturated carbocycles. The third-order valence-corrected chi connectivity index (χ3v) is 4.81.